The first-order valence-corrected chi connectivity index (χ1v) is 48.8. The number of rotatable bonds is 15. The minimum absolute atomic E-state index is 0.00586. The molecule has 12 heterocycles. The highest BCUT2D eigenvalue weighted by atomic mass is 35.5. The third-order valence-electron chi connectivity index (χ3n) is 25.0. The number of fused-ring (bicyclic) bond motifs is 3. The van der Waals surface area contributed by atoms with Gasteiger partial charge in [0.1, 0.15) is 51.8 Å². The lowest BCUT2D eigenvalue weighted by Gasteiger charge is -2.45. The Morgan fingerprint density at radius 3 is 0.844 bits per heavy atom. The number of benzene rings is 3. The standard InChI is InChI=1S/C33H30Cl5N7O2.2C33H30Cl4FN7O2/c1-7-21(46)44-16(5)12-43(13-17(44)6)31-18-10-20(34)29(22-23(35)24(36)25(37)26(38)27(22)40)42-32(18)45(33(47)19(31)11-39)30-15(4)8-9-41-28(30)14(2)3;2*1-7-21(46)44-16(5)12-43(13-17(44)6)31-18-10-20(34)29(22-26(38)24(36)23(35)25(37)27(22)40)42-32(18)45(33(47)19(31)11-39)30-15(4)8-9-41-28(30)14(2)3/h3*7-10,14,16-17H,1,12-13,40H2,2-6H3/t3*16-,17+. The van der Waals surface area contributed by atoms with E-state index < -0.39 is 38.4 Å². The van der Waals surface area contributed by atoms with Crippen LogP contribution in [0.3, 0.4) is 0 Å². The zero-order valence-corrected chi connectivity index (χ0v) is 88.2. The van der Waals surface area contributed by atoms with E-state index in [0.29, 0.717) is 80.2 Å². The topological polar surface area (TPSA) is 363 Å². The number of halogens is 15. The number of nitrogens with two attached hydrogens (primary N) is 3. The maximum atomic E-state index is 15.8. The second-order valence-electron chi connectivity index (χ2n) is 35.3. The Morgan fingerprint density at radius 2 is 0.610 bits per heavy atom. The molecule has 6 atom stereocenters. The van der Waals surface area contributed by atoms with E-state index in [1.807, 2.05) is 119 Å². The van der Waals surface area contributed by atoms with Crippen LogP contribution in [0.1, 0.15) is 151 Å². The van der Waals surface area contributed by atoms with Crippen LogP contribution < -0.4 is 48.6 Å². The number of nitrogens with zero attached hydrogens (tertiary/aromatic N) is 18. The van der Waals surface area contributed by atoms with Crippen LogP contribution in [-0.4, -0.2) is 152 Å². The molecule has 732 valence electrons. The van der Waals surface area contributed by atoms with Crippen molar-refractivity contribution >= 4 is 236 Å². The highest BCUT2D eigenvalue weighted by molar-refractivity contribution is 6.55. The van der Waals surface area contributed by atoms with Gasteiger partial charge in [-0.15, -0.1) is 0 Å². The molecule has 0 unspecified atom stereocenters. The molecule has 3 aliphatic rings. The molecule has 3 aromatic carbocycles. The van der Waals surface area contributed by atoms with Gasteiger partial charge in [0.25, 0.3) is 16.7 Å². The summed E-state index contributed by atoms with van der Waals surface area (Å²) < 4.78 is 35.6. The number of carbonyl (C=O) groups excluding carboxylic acids is 3. The zero-order valence-electron chi connectivity index (χ0n) is 78.4. The van der Waals surface area contributed by atoms with Gasteiger partial charge in [0.05, 0.1) is 162 Å². The largest absolute Gasteiger partial charge is 0.397 e. The van der Waals surface area contributed by atoms with Gasteiger partial charge < -0.3 is 46.6 Å². The minimum Gasteiger partial charge on any atom is -0.397 e. The maximum absolute atomic E-state index is 15.8. The molecule has 27 nitrogen and oxygen atoms in total. The van der Waals surface area contributed by atoms with Crippen molar-refractivity contribution < 1.29 is 23.2 Å². The molecule has 15 rings (SSSR count). The molecular formula is C99H90Cl13F2N21O6. The van der Waals surface area contributed by atoms with Gasteiger partial charge in [-0.05, 0) is 151 Å². The van der Waals surface area contributed by atoms with Crippen LogP contribution in [0, 0.1) is 66.4 Å². The number of hydrogen-bond acceptors (Lipinski definition) is 21. The molecule has 9 aromatic heterocycles. The Balaban J connectivity index is 0.000000178. The summed E-state index contributed by atoms with van der Waals surface area (Å²) in [7, 11) is 0. The number of hydrogen-bond donors (Lipinski definition) is 3. The summed E-state index contributed by atoms with van der Waals surface area (Å²) in [5.41, 5.74) is 21.8. The zero-order chi connectivity index (χ0) is 104. The van der Waals surface area contributed by atoms with Crippen molar-refractivity contribution in [2.45, 2.75) is 158 Å². The smallest absolute Gasteiger partial charge is 0.276 e. The number of aryl methyl sites for hydroxylation is 3. The van der Waals surface area contributed by atoms with Gasteiger partial charge in [0.2, 0.25) is 17.7 Å². The first-order valence-electron chi connectivity index (χ1n) is 43.9. The van der Waals surface area contributed by atoms with Gasteiger partial charge in [-0.1, -0.05) is 212 Å². The van der Waals surface area contributed by atoms with Gasteiger partial charge in [-0.25, -0.2) is 23.7 Å². The summed E-state index contributed by atoms with van der Waals surface area (Å²) >= 11 is 83.8. The molecule has 3 fully saturated rings. The SMILES string of the molecule is C=CC(=O)N1[C@H](C)CN(c2c(C#N)c(=O)n(-c3c(C)ccnc3C(C)C)c3nc(-c4c(N)c(Cl)c(Cl)c(Cl)c4Cl)c(Cl)cc23)C[C@@H]1C.C=CC(=O)N1[C@H](C)CN(c2c(C#N)c(=O)n(-c3c(C)ccnc3C(C)C)c3nc(-c4c(N)c(Cl)c(Cl)c(Cl)c4F)c(Cl)cc23)C[C@@H]1C.C=CC(=O)N1[C@H](C)CN(c2c(C#N)c(=O)n(-c3c(C)ccnc3C(C)C)c3nc(-c4c(N)c(Cl)c(Cl)c(Cl)c4F)c(Cl)cc23)C[C@@H]1C. The quantitative estimate of drug-likeness (QED) is 0.0371. The number of piperazine rings is 3. The number of pyridine rings is 9. The van der Waals surface area contributed by atoms with Crippen molar-refractivity contribution in [1.29, 1.82) is 15.8 Å². The van der Waals surface area contributed by atoms with E-state index in [1.54, 1.807) is 57.6 Å². The Kier molecular flexibility index (Phi) is 32.1. The molecule has 0 saturated carbocycles. The van der Waals surface area contributed by atoms with Gasteiger partial charge in [0.15, 0.2) is 11.6 Å². The van der Waals surface area contributed by atoms with E-state index in [4.69, 9.17) is 183 Å². The molecule has 3 amide bonds. The number of carbonyl (C=O) groups is 3. The lowest BCUT2D eigenvalue weighted by Crippen LogP contribution is -2.58. The van der Waals surface area contributed by atoms with Crippen LogP contribution in [-0.2, 0) is 14.4 Å². The first-order chi connectivity index (χ1) is 66.5. The second-order valence-corrected chi connectivity index (χ2v) is 40.3. The lowest BCUT2D eigenvalue weighted by molar-refractivity contribution is -0.131. The maximum Gasteiger partial charge on any atom is 0.276 e. The third-order valence-corrected chi connectivity index (χ3v) is 30.3. The number of aromatic nitrogens is 9. The summed E-state index contributed by atoms with van der Waals surface area (Å²) in [6.07, 6.45) is 8.73. The summed E-state index contributed by atoms with van der Waals surface area (Å²) in [6.45, 7) is 41.0. The van der Waals surface area contributed by atoms with Crippen molar-refractivity contribution in [2.75, 3.05) is 71.2 Å². The van der Waals surface area contributed by atoms with E-state index in [9.17, 15) is 44.6 Å². The van der Waals surface area contributed by atoms with E-state index in [2.05, 4.69) is 52.9 Å². The van der Waals surface area contributed by atoms with E-state index in [1.165, 1.54) is 44.1 Å². The van der Waals surface area contributed by atoms with Crippen molar-refractivity contribution in [3.63, 3.8) is 0 Å². The number of anilines is 6. The van der Waals surface area contributed by atoms with Crippen molar-refractivity contribution in [3.05, 3.63) is 251 Å². The van der Waals surface area contributed by atoms with E-state index in [0.717, 1.165) is 5.56 Å². The number of amides is 3. The molecule has 0 bridgehead atoms. The molecule has 0 spiro atoms. The lowest BCUT2D eigenvalue weighted by atomic mass is 10.0. The molecule has 3 aliphatic heterocycles. The average molecular weight is 2170 g/mol. The van der Waals surface area contributed by atoms with Gasteiger partial charge in [-0.2, -0.15) is 15.8 Å². The summed E-state index contributed by atoms with van der Waals surface area (Å²) in [5.74, 6) is -3.03. The first kappa shape index (κ1) is 107. The van der Waals surface area contributed by atoms with Crippen LogP contribution in [0.5, 0.6) is 0 Å². The Morgan fingerprint density at radius 1 is 0.383 bits per heavy atom. The normalized spacial score (nSPS) is 16.6. The van der Waals surface area contributed by atoms with Crippen LogP contribution in [0.4, 0.5) is 42.9 Å². The Hall–Kier alpha value is -11.3. The third kappa shape index (κ3) is 18.9. The predicted octanol–water partition coefficient (Wildman–Crippen LogP) is 23.6. The fourth-order valence-corrected chi connectivity index (χ4v) is 21.8. The molecule has 6 N–H and O–H groups in total. The fourth-order valence-electron chi connectivity index (χ4n) is 18.9. The highest BCUT2D eigenvalue weighted by Crippen LogP contribution is 2.53. The minimum atomic E-state index is -0.999. The summed E-state index contributed by atoms with van der Waals surface area (Å²) in [5, 5.41) is 30.7. The van der Waals surface area contributed by atoms with Gasteiger partial charge >= 0.3 is 0 Å². The predicted molar refractivity (Wildman–Crippen MR) is 565 cm³/mol. The monoisotopic (exact) mass is 2160 g/mol. The summed E-state index contributed by atoms with van der Waals surface area (Å²) in [6, 6.07) is 14.5. The van der Waals surface area contributed by atoms with Gasteiger partial charge in [0, 0.05) is 116 Å². The van der Waals surface area contributed by atoms with E-state index >= 15 is 8.78 Å². The number of nitrogen functional groups attached to an aromatic ring is 3. The van der Waals surface area contributed by atoms with Crippen molar-refractivity contribution in [2.24, 2.45) is 0 Å². The fraction of sp³-hybridized carbons (Fsp3) is 0.303. The van der Waals surface area contributed by atoms with Gasteiger partial charge in [-0.3, -0.25) is 57.4 Å². The molecule has 141 heavy (non-hydrogen) atoms. The summed E-state index contributed by atoms with van der Waals surface area (Å²) in [4.78, 5) is 121. The molecule has 12 aromatic rings. The highest BCUT2D eigenvalue weighted by Gasteiger charge is 2.42. The number of nitriles is 3. The molecule has 3 saturated heterocycles. The van der Waals surface area contributed by atoms with Crippen LogP contribution in [0.25, 0.3) is 83.9 Å². The Bertz CT molecular complexity index is 6860. The molecule has 42 heteroatoms. The molecular weight excluding hydrogens is 2080 g/mol. The van der Waals surface area contributed by atoms with Crippen LogP contribution in [0.2, 0.25) is 65.3 Å². The second kappa shape index (κ2) is 42.3. The van der Waals surface area contributed by atoms with Crippen LogP contribution >= 0.6 is 151 Å². The molecule has 0 radical (unpaired) electrons. The van der Waals surface area contributed by atoms with E-state index in [-0.39, 0.29) is 249 Å². The van der Waals surface area contributed by atoms with Crippen LogP contribution in [0.15, 0.2) is 107 Å². The average Bonchev–Trinajstić information content (AvgIpc) is 0.725. The van der Waals surface area contributed by atoms with Crippen molar-refractivity contribution in [1.82, 2.24) is 58.3 Å². The molecule has 0 aliphatic carbocycles. The van der Waals surface area contributed by atoms with Crippen molar-refractivity contribution in [3.8, 4) is 69.0 Å². The Labute approximate surface area is 875 Å².